The lowest BCUT2D eigenvalue weighted by atomic mass is 9.82. The van der Waals surface area contributed by atoms with Crippen molar-refractivity contribution in [3.05, 3.63) is 50.4 Å². The standard InChI is InChI=1S/C14H15BrN2S/c15-11-6-8-18-14(11)12(16)10-5-1-3-9-4-2-7-17-13(9)10/h2,4,6-8,10,12H,1,3,5,16H2. The molecule has 1 aliphatic carbocycles. The summed E-state index contributed by atoms with van der Waals surface area (Å²) in [5.41, 5.74) is 9.05. The summed E-state index contributed by atoms with van der Waals surface area (Å²) >= 11 is 5.31. The minimum atomic E-state index is 0.0494. The van der Waals surface area contributed by atoms with Crippen molar-refractivity contribution in [3.63, 3.8) is 0 Å². The van der Waals surface area contributed by atoms with Crippen LogP contribution in [0.3, 0.4) is 0 Å². The third-order valence-electron chi connectivity index (χ3n) is 3.62. The van der Waals surface area contributed by atoms with Gasteiger partial charge in [0.25, 0.3) is 0 Å². The fourth-order valence-corrected chi connectivity index (χ4v) is 4.43. The summed E-state index contributed by atoms with van der Waals surface area (Å²) in [5, 5.41) is 2.08. The van der Waals surface area contributed by atoms with Crippen LogP contribution < -0.4 is 5.73 Å². The highest BCUT2D eigenvalue weighted by molar-refractivity contribution is 9.10. The molecule has 2 atom stereocenters. The fourth-order valence-electron chi connectivity index (χ4n) is 2.72. The molecule has 0 radical (unpaired) electrons. The number of nitrogens with two attached hydrogens (primary N) is 1. The third-order valence-corrected chi connectivity index (χ3v) is 5.59. The van der Waals surface area contributed by atoms with Gasteiger partial charge in [0.2, 0.25) is 0 Å². The molecule has 0 spiro atoms. The summed E-state index contributed by atoms with van der Waals surface area (Å²) in [6, 6.07) is 6.33. The van der Waals surface area contributed by atoms with E-state index in [4.69, 9.17) is 5.73 Å². The second-order valence-corrected chi connectivity index (χ2v) is 6.51. The van der Waals surface area contributed by atoms with E-state index in [1.807, 2.05) is 12.3 Å². The summed E-state index contributed by atoms with van der Waals surface area (Å²) < 4.78 is 1.13. The van der Waals surface area contributed by atoms with E-state index < -0.39 is 0 Å². The van der Waals surface area contributed by atoms with Gasteiger partial charge >= 0.3 is 0 Å². The Kier molecular flexibility index (Phi) is 3.50. The summed E-state index contributed by atoms with van der Waals surface area (Å²) in [6.45, 7) is 0. The van der Waals surface area contributed by atoms with Gasteiger partial charge in [-0.05, 0) is 58.3 Å². The maximum Gasteiger partial charge on any atom is 0.0486 e. The number of pyridine rings is 1. The average Bonchev–Trinajstić information content (AvgIpc) is 2.83. The van der Waals surface area contributed by atoms with Gasteiger partial charge in [-0.25, -0.2) is 0 Å². The number of thiophene rings is 1. The van der Waals surface area contributed by atoms with Crippen molar-refractivity contribution in [2.75, 3.05) is 0 Å². The topological polar surface area (TPSA) is 38.9 Å². The summed E-state index contributed by atoms with van der Waals surface area (Å²) in [7, 11) is 0. The second kappa shape index (κ2) is 5.11. The number of halogens is 1. The summed E-state index contributed by atoms with van der Waals surface area (Å²) in [6.07, 6.45) is 5.36. The van der Waals surface area contributed by atoms with Crippen molar-refractivity contribution < 1.29 is 0 Å². The molecular weight excluding hydrogens is 308 g/mol. The van der Waals surface area contributed by atoms with Gasteiger partial charge in [-0.1, -0.05) is 6.07 Å². The molecule has 2 heterocycles. The highest BCUT2D eigenvalue weighted by Gasteiger charge is 2.29. The number of nitrogens with zero attached hydrogens (tertiary/aromatic N) is 1. The molecule has 3 rings (SSSR count). The van der Waals surface area contributed by atoms with Crippen molar-refractivity contribution in [3.8, 4) is 0 Å². The number of fused-ring (bicyclic) bond motifs is 1. The van der Waals surface area contributed by atoms with Crippen molar-refractivity contribution in [2.45, 2.75) is 31.2 Å². The Hall–Kier alpha value is -0.710. The lowest BCUT2D eigenvalue weighted by Gasteiger charge is -2.28. The Morgan fingerprint density at radius 1 is 1.44 bits per heavy atom. The minimum absolute atomic E-state index is 0.0494. The number of aryl methyl sites for hydroxylation is 1. The SMILES string of the molecule is NC(c1sccc1Br)C1CCCc2cccnc21. The Bertz CT molecular complexity index is 552. The van der Waals surface area contributed by atoms with Crippen LogP contribution in [0.4, 0.5) is 0 Å². The Balaban J connectivity index is 1.97. The predicted molar refractivity (Wildman–Crippen MR) is 78.9 cm³/mol. The zero-order chi connectivity index (χ0) is 12.5. The molecule has 0 aliphatic heterocycles. The van der Waals surface area contributed by atoms with E-state index in [1.54, 1.807) is 11.3 Å². The molecule has 2 N–H and O–H groups in total. The van der Waals surface area contributed by atoms with Gasteiger partial charge in [0.05, 0.1) is 0 Å². The molecule has 2 aromatic rings. The normalized spacial score (nSPS) is 20.4. The average molecular weight is 323 g/mol. The van der Waals surface area contributed by atoms with Gasteiger partial charge in [0.15, 0.2) is 0 Å². The third kappa shape index (κ3) is 2.13. The molecular formula is C14H15BrN2S. The van der Waals surface area contributed by atoms with Gasteiger partial charge in [0.1, 0.15) is 0 Å². The molecule has 18 heavy (non-hydrogen) atoms. The zero-order valence-electron chi connectivity index (χ0n) is 9.97. The number of hydrogen-bond donors (Lipinski definition) is 1. The van der Waals surface area contributed by atoms with Gasteiger partial charge in [-0.2, -0.15) is 0 Å². The molecule has 2 aromatic heterocycles. The van der Waals surface area contributed by atoms with Crippen molar-refractivity contribution in [2.24, 2.45) is 5.73 Å². The molecule has 0 saturated heterocycles. The summed E-state index contributed by atoms with van der Waals surface area (Å²) in [5.74, 6) is 0.352. The lowest BCUT2D eigenvalue weighted by Crippen LogP contribution is -2.24. The Labute approximate surface area is 119 Å². The van der Waals surface area contributed by atoms with Gasteiger partial charge in [-0.15, -0.1) is 11.3 Å². The monoisotopic (exact) mass is 322 g/mol. The van der Waals surface area contributed by atoms with E-state index in [1.165, 1.54) is 22.6 Å². The van der Waals surface area contributed by atoms with Crippen LogP contribution in [0, 0.1) is 0 Å². The van der Waals surface area contributed by atoms with Crippen LogP contribution in [0.5, 0.6) is 0 Å². The fraction of sp³-hybridized carbons (Fsp3) is 0.357. The summed E-state index contributed by atoms with van der Waals surface area (Å²) in [4.78, 5) is 5.81. The molecule has 4 heteroatoms. The van der Waals surface area contributed by atoms with E-state index in [0.29, 0.717) is 5.92 Å². The highest BCUT2D eigenvalue weighted by Crippen LogP contribution is 2.41. The van der Waals surface area contributed by atoms with Crippen molar-refractivity contribution in [1.82, 2.24) is 4.98 Å². The number of hydrogen-bond acceptors (Lipinski definition) is 3. The van der Waals surface area contributed by atoms with Crippen molar-refractivity contribution >= 4 is 27.3 Å². The lowest BCUT2D eigenvalue weighted by molar-refractivity contribution is 0.466. The Morgan fingerprint density at radius 2 is 2.33 bits per heavy atom. The predicted octanol–water partition coefficient (Wildman–Crippen LogP) is 4.03. The van der Waals surface area contributed by atoms with E-state index in [-0.39, 0.29) is 6.04 Å². The van der Waals surface area contributed by atoms with Gasteiger partial charge in [0, 0.05) is 33.2 Å². The van der Waals surface area contributed by atoms with Crippen LogP contribution in [0.1, 0.15) is 40.9 Å². The van der Waals surface area contributed by atoms with E-state index in [9.17, 15) is 0 Å². The van der Waals surface area contributed by atoms with Crippen LogP contribution in [-0.2, 0) is 6.42 Å². The first-order valence-corrected chi connectivity index (χ1v) is 7.87. The molecule has 2 nitrogen and oxygen atoms in total. The number of aromatic nitrogens is 1. The first kappa shape index (κ1) is 12.3. The first-order valence-electron chi connectivity index (χ1n) is 6.19. The quantitative estimate of drug-likeness (QED) is 0.906. The minimum Gasteiger partial charge on any atom is -0.323 e. The Morgan fingerprint density at radius 3 is 3.11 bits per heavy atom. The van der Waals surface area contributed by atoms with Gasteiger partial charge in [-0.3, -0.25) is 4.98 Å². The largest absolute Gasteiger partial charge is 0.323 e. The van der Waals surface area contributed by atoms with Crippen LogP contribution in [0.15, 0.2) is 34.2 Å². The molecule has 2 unspecified atom stereocenters. The van der Waals surface area contributed by atoms with E-state index >= 15 is 0 Å². The first-order chi connectivity index (χ1) is 8.77. The smallest absolute Gasteiger partial charge is 0.0486 e. The molecule has 0 bridgehead atoms. The highest BCUT2D eigenvalue weighted by atomic mass is 79.9. The molecule has 94 valence electrons. The van der Waals surface area contributed by atoms with E-state index in [2.05, 4.69) is 38.4 Å². The van der Waals surface area contributed by atoms with Crippen LogP contribution >= 0.6 is 27.3 Å². The molecule has 0 fully saturated rings. The maximum absolute atomic E-state index is 6.47. The number of rotatable bonds is 2. The molecule has 0 amide bonds. The maximum atomic E-state index is 6.47. The van der Waals surface area contributed by atoms with Crippen molar-refractivity contribution in [1.29, 1.82) is 0 Å². The van der Waals surface area contributed by atoms with Gasteiger partial charge < -0.3 is 5.73 Å². The van der Waals surface area contributed by atoms with Crippen LogP contribution in [0.2, 0.25) is 0 Å². The second-order valence-electron chi connectivity index (χ2n) is 4.71. The van der Waals surface area contributed by atoms with Crippen LogP contribution in [0.25, 0.3) is 0 Å². The molecule has 0 saturated carbocycles. The molecule has 0 aromatic carbocycles. The van der Waals surface area contributed by atoms with E-state index in [0.717, 1.165) is 17.3 Å². The molecule has 1 aliphatic rings. The zero-order valence-corrected chi connectivity index (χ0v) is 12.4. The van der Waals surface area contributed by atoms with Crippen LogP contribution in [-0.4, -0.2) is 4.98 Å².